The minimum atomic E-state index is -3.44. The molecule has 0 aliphatic rings. The van der Waals surface area contributed by atoms with Gasteiger partial charge in [-0.15, -0.1) is 12.4 Å². The molecule has 1 amide bonds. The van der Waals surface area contributed by atoms with Gasteiger partial charge in [-0.1, -0.05) is 26.0 Å². The molecule has 0 radical (unpaired) electrons. The van der Waals surface area contributed by atoms with Gasteiger partial charge >= 0.3 is 0 Å². The third-order valence-corrected chi connectivity index (χ3v) is 5.41. The van der Waals surface area contributed by atoms with Gasteiger partial charge in [0.05, 0.1) is 17.0 Å². The number of carbonyl (C=O) groups excluding carboxylic acids is 1. The van der Waals surface area contributed by atoms with E-state index in [0.717, 1.165) is 9.87 Å². The first-order valence-corrected chi connectivity index (χ1v) is 9.08. The summed E-state index contributed by atoms with van der Waals surface area (Å²) in [7, 11) is -0.467. The Morgan fingerprint density at radius 3 is 2.08 bits per heavy atom. The summed E-state index contributed by atoms with van der Waals surface area (Å²) in [5, 5.41) is 2.86. The molecule has 1 unspecified atom stereocenters. The van der Waals surface area contributed by atoms with Crippen molar-refractivity contribution in [3.63, 3.8) is 0 Å². The maximum absolute atomic E-state index is 12.0. The van der Waals surface area contributed by atoms with Crippen LogP contribution in [0.3, 0.4) is 0 Å². The molecular formula is C16H28ClN3O3S. The van der Waals surface area contributed by atoms with Crippen LogP contribution in [0.2, 0.25) is 0 Å². The zero-order valence-electron chi connectivity index (χ0n) is 14.8. The van der Waals surface area contributed by atoms with E-state index in [4.69, 9.17) is 5.73 Å². The van der Waals surface area contributed by atoms with Crippen LogP contribution >= 0.6 is 12.4 Å². The van der Waals surface area contributed by atoms with Gasteiger partial charge in [0.25, 0.3) is 0 Å². The van der Waals surface area contributed by atoms with Gasteiger partial charge in [0.15, 0.2) is 0 Å². The molecule has 0 spiro atoms. The summed E-state index contributed by atoms with van der Waals surface area (Å²) >= 11 is 0. The van der Waals surface area contributed by atoms with E-state index >= 15 is 0 Å². The van der Waals surface area contributed by atoms with Crippen LogP contribution in [0.5, 0.6) is 0 Å². The van der Waals surface area contributed by atoms with Gasteiger partial charge in [-0.2, -0.15) is 0 Å². The molecule has 0 bridgehead atoms. The largest absolute Gasteiger partial charge is 0.348 e. The van der Waals surface area contributed by atoms with E-state index in [1.807, 2.05) is 20.8 Å². The van der Waals surface area contributed by atoms with E-state index in [2.05, 4.69) is 5.32 Å². The van der Waals surface area contributed by atoms with Crippen molar-refractivity contribution < 1.29 is 13.2 Å². The van der Waals surface area contributed by atoms with E-state index in [9.17, 15) is 13.2 Å². The first kappa shape index (κ1) is 22.9. The van der Waals surface area contributed by atoms with E-state index < -0.39 is 16.1 Å². The van der Waals surface area contributed by atoms with E-state index in [0.29, 0.717) is 12.3 Å². The molecule has 0 saturated carbocycles. The van der Waals surface area contributed by atoms with Crippen LogP contribution in [0.15, 0.2) is 29.2 Å². The predicted molar refractivity (Wildman–Crippen MR) is 98.6 cm³/mol. The third kappa shape index (κ3) is 6.05. The number of amides is 1. The molecule has 1 rings (SSSR count). The van der Waals surface area contributed by atoms with Crippen molar-refractivity contribution in [3.8, 4) is 0 Å². The monoisotopic (exact) mass is 377 g/mol. The minimum absolute atomic E-state index is 0. The average Bonchev–Trinajstić information content (AvgIpc) is 2.46. The van der Waals surface area contributed by atoms with Crippen LogP contribution < -0.4 is 11.1 Å². The first-order chi connectivity index (χ1) is 10.6. The summed E-state index contributed by atoms with van der Waals surface area (Å²) in [4.78, 5) is 12.3. The van der Waals surface area contributed by atoms with Crippen molar-refractivity contribution >= 4 is 28.3 Å². The standard InChI is InChI=1S/C16H27N3O3S.ClH/c1-11(2)10-15(17)16(20)18-12(3)13-6-8-14(9-7-13)23(21,22)19(4)5;/h6-9,11-12,15H,10,17H2,1-5H3,(H,18,20);1H/t12?,15-;/m0./s1. The summed E-state index contributed by atoms with van der Waals surface area (Å²) in [6.45, 7) is 5.87. The minimum Gasteiger partial charge on any atom is -0.348 e. The molecule has 0 saturated heterocycles. The highest BCUT2D eigenvalue weighted by atomic mass is 35.5. The molecule has 3 N–H and O–H groups in total. The Hall–Kier alpha value is -1.15. The van der Waals surface area contributed by atoms with Gasteiger partial charge in [0.1, 0.15) is 0 Å². The number of benzene rings is 1. The quantitative estimate of drug-likeness (QED) is 0.759. The second-order valence-corrected chi connectivity index (χ2v) is 8.47. The van der Waals surface area contributed by atoms with Crippen molar-refractivity contribution in [1.29, 1.82) is 0 Å². The fourth-order valence-electron chi connectivity index (χ4n) is 2.16. The third-order valence-electron chi connectivity index (χ3n) is 3.58. The molecule has 6 nitrogen and oxygen atoms in total. The number of nitrogens with zero attached hydrogens (tertiary/aromatic N) is 1. The maximum atomic E-state index is 12.0. The summed E-state index contributed by atoms with van der Waals surface area (Å²) in [6.07, 6.45) is 0.624. The van der Waals surface area contributed by atoms with Gasteiger partial charge in [-0.25, -0.2) is 12.7 Å². The van der Waals surface area contributed by atoms with Gasteiger partial charge in [-0.3, -0.25) is 4.79 Å². The Bertz CT molecular complexity index is 630. The van der Waals surface area contributed by atoms with Crippen molar-refractivity contribution in [2.24, 2.45) is 11.7 Å². The summed E-state index contributed by atoms with van der Waals surface area (Å²) in [5.74, 6) is 0.151. The Morgan fingerprint density at radius 1 is 1.17 bits per heavy atom. The molecule has 8 heteroatoms. The van der Waals surface area contributed by atoms with Crippen molar-refractivity contribution in [2.45, 2.75) is 44.2 Å². The predicted octanol–water partition coefficient (Wildman–Crippen LogP) is 1.91. The van der Waals surface area contributed by atoms with Crippen LogP contribution in [0.1, 0.15) is 38.8 Å². The van der Waals surface area contributed by atoms with Crippen LogP contribution in [-0.2, 0) is 14.8 Å². The van der Waals surface area contributed by atoms with E-state index in [1.165, 1.54) is 14.1 Å². The molecule has 24 heavy (non-hydrogen) atoms. The summed E-state index contributed by atoms with van der Waals surface area (Å²) in [6, 6.07) is 5.72. The van der Waals surface area contributed by atoms with Gasteiger partial charge < -0.3 is 11.1 Å². The second-order valence-electron chi connectivity index (χ2n) is 6.32. The number of nitrogens with one attached hydrogen (secondary N) is 1. The Balaban J connectivity index is 0.00000529. The molecule has 0 aromatic heterocycles. The van der Waals surface area contributed by atoms with Crippen molar-refractivity contribution in [3.05, 3.63) is 29.8 Å². The highest BCUT2D eigenvalue weighted by molar-refractivity contribution is 7.89. The lowest BCUT2D eigenvalue weighted by Gasteiger charge is -2.19. The van der Waals surface area contributed by atoms with Gasteiger partial charge in [-0.05, 0) is 37.0 Å². The van der Waals surface area contributed by atoms with Gasteiger partial charge in [0.2, 0.25) is 15.9 Å². The first-order valence-electron chi connectivity index (χ1n) is 7.64. The SMILES string of the molecule is CC(C)C[C@H](N)C(=O)NC(C)c1ccc(S(=O)(=O)N(C)C)cc1.Cl. The molecule has 1 aromatic rings. The number of nitrogens with two attached hydrogens (primary N) is 1. The fraction of sp³-hybridized carbons (Fsp3) is 0.562. The van der Waals surface area contributed by atoms with Gasteiger partial charge in [0, 0.05) is 14.1 Å². The van der Waals surface area contributed by atoms with Crippen LogP contribution in [0.4, 0.5) is 0 Å². The lowest BCUT2D eigenvalue weighted by Crippen LogP contribution is -2.42. The highest BCUT2D eigenvalue weighted by Crippen LogP contribution is 2.18. The zero-order chi connectivity index (χ0) is 17.8. The fourth-order valence-corrected chi connectivity index (χ4v) is 3.06. The maximum Gasteiger partial charge on any atom is 0.242 e. The second kappa shape index (κ2) is 9.36. The number of sulfonamides is 1. The highest BCUT2D eigenvalue weighted by Gasteiger charge is 2.19. The number of hydrogen-bond acceptors (Lipinski definition) is 4. The number of hydrogen-bond donors (Lipinski definition) is 2. The lowest BCUT2D eigenvalue weighted by atomic mass is 10.0. The molecule has 138 valence electrons. The lowest BCUT2D eigenvalue weighted by molar-refractivity contribution is -0.123. The zero-order valence-corrected chi connectivity index (χ0v) is 16.4. The van der Waals surface area contributed by atoms with Crippen molar-refractivity contribution in [1.82, 2.24) is 9.62 Å². The Kier molecular flexibility index (Phi) is 8.91. The van der Waals surface area contributed by atoms with Crippen LogP contribution in [0.25, 0.3) is 0 Å². The number of halogens is 1. The average molecular weight is 378 g/mol. The smallest absolute Gasteiger partial charge is 0.242 e. The Labute approximate surface area is 151 Å². The topological polar surface area (TPSA) is 92.5 Å². The molecule has 1 aromatic carbocycles. The molecule has 0 aliphatic carbocycles. The molecular weight excluding hydrogens is 350 g/mol. The number of rotatable bonds is 7. The normalized spacial score (nSPS) is 14.2. The molecule has 0 fully saturated rings. The van der Waals surface area contributed by atoms with Crippen LogP contribution in [0, 0.1) is 5.92 Å². The van der Waals surface area contributed by atoms with Crippen molar-refractivity contribution in [2.75, 3.05) is 14.1 Å². The molecule has 2 atom stereocenters. The molecule has 0 aliphatic heterocycles. The molecule has 0 heterocycles. The van der Waals surface area contributed by atoms with E-state index in [-0.39, 0.29) is 29.3 Å². The Morgan fingerprint density at radius 2 is 1.67 bits per heavy atom. The van der Waals surface area contributed by atoms with E-state index in [1.54, 1.807) is 24.3 Å². The summed E-state index contributed by atoms with van der Waals surface area (Å²) < 4.78 is 25.2. The number of carbonyl (C=O) groups is 1. The summed E-state index contributed by atoms with van der Waals surface area (Å²) in [5.41, 5.74) is 6.69. The van der Waals surface area contributed by atoms with Crippen LogP contribution in [-0.4, -0.2) is 38.8 Å².